The number of esters is 1. The van der Waals surface area contributed by atoms with Crippen LogP contribution in [0, 0.1) is 0 Å². The van der Waals surface area contributed by atoms with Gasteiger partial charge in [-0.05, 0) is 12.8 Å². The highest BCUT2D eigenvalue weighted by molar-refractivity contribution is 7.91. The molecule has 1 unspecified atom stereocenters. The van der Waals surface area contributed by atoms with Crippen LogP contribution in [0.25, 0.3) is 0 Å². The molecule has 106 valence electrons. The molecule has 1 fully saturated rings. The molecule has 0 amide bonds. The van der Waals surface area contributed by atoms with Gasteiger partial charge in [0.05, 0.1) is 30.7 Å². The molecule has 2 heterocycles. The van der Waals surface area contributed by atoms with E-state index in [1.54, 1.807) is 5.38 Å². The molecule has 6 nitrogen and oxygen atoms in total. The molecule has 8 heteroatoms. The fourth-order valence-corrected chi connectivity index (χ4v) is 4.41. The van der Waals surface area contributed by atoms with Gasteiger partial charge in [0.2, 0.25) is 0 Å². The predicted molar refractivity (Wildman–Crippen MR) is 73.1 cm³/mol. The van der Waals surface area contributed by atoms with Crippen LogP contribution in [0.1, 0.15) is 18.5 Å². The van der Waals surface area contributed by atoms with E-state index < -0.39 is 9.84 Å². The first kappa shape index (κ1) is 14.3. The molecule has 1 aliphatic heterocycles. The van der Waals surface area contributed by atoms with E-state index in [2.05, 4.69) is 15.0 Å². The maximum absolute atomic E-state index is 11.5. The first-order valence-corrected chi connectivity index (χ1v) is 8.67. The average molecular weight is 304 g/mol. The second-order valence-electron chi connectivity index (χ2n) is 4.49. The zero-order chi connectivity index (χ0) is 13.9. The van der Waals surface area contributed by atoms with E-state index in [9.17, 15) is 13.2 Å². The van der Waals surface area contributed by atoms with Gasteiger partial charge in [-0.15, -0.1) is 11.3 Å². The summed E-state index contributed by atoms with van der Waals surface area (Å²) >= 11 is 1.37. The minimum Gasteiger partial charge on any atom is -0.469 e. The van der Waals surface area contributed by atoms with E-state index in [1.807, 2.05) is 0 Å². The lowest BCUT2D eigenvalue weighted by atomic mass is 10.2. The predicted octanol–water partition coefficient (Wildman–Crippen LogP) is 0.848. The van der Waals surface area contributed by atoms with Crippen molar-refractivity contribution in [3.63, 3.8) is 0 Å². The van der Waals surface area contributed by atoms with Gasteiger partial charge in [-0.1, -0.05) is 0 Å². The molecule has 0 bridgehead atoms. The number of hydrogen-bond acceptors (Lipinski definition) is 7. The Labute approximate surface area is 116 Å². The molecular formula is C11H16N2O4S2. The van der Waals surface area contributed by atoms with Crippen molar-refractivity contribution in [1.82, 2.24) is 4.98 Å². The Kier molecular flexibility index (Phi) is 4.41. The summed E-state index contributed by atoms with van der Waals surface area (Å²) in [6.45, 7) is 0. The summed E-state index contributed by atoms with van der Waals surface area (Å²) in [5, 5.41) is 5.55. The molecule has 1 atom stereocenters. The fraction of sp³-hybridized carbons (Fsp3) is 0.636. The van der Waals surface area contributed by atoms with E-state index in [1.165, 1.54) is 18.4 Å². The van der Waals surface area contributed by atoms with Gasteiger partial charge in [-0.3, -0.25) is 4.79 Å². The monoisotopic (exact) mass is 304 g/mol. The highest BCUT2D eigenvalue weighted by Crippen LogP contribution is 2.21. The van der Waals surface area contributed by atoms with Crippen LogP contribution in [0.4, 0.5) is 5.13 Å². The highest BCUT2D eigenvalue weighted by Gasteiger charge is 2.25. The molecule has 1 aliphatic rings. The maximum Gasteiger partial charge on any atom is 0.311 e. The molecule has 0 aliphatic carbocycles. The summed E-state index contributed by atoms with van der Waals surface area (Å²) in [5.74, 6) is 0.0901. The molecule has 19 heavy (non-hydrogen) atoms. The number of methoxy groups -OCH3 is 1. The van der Waals surface area contributed by atoms with E-state index in [-0.39, 0.29) is 29.9 Å². The van der Waals surface area contributed by atoms with Gasteiger partial charge >= 0.3 is 5.97 Å². The summed E-state index contributed by atoms with van der Waals surface area (Å²) in [6.07, 6.45) is 1.64. The lowest BCUT2D eigenvalue weighted by molar-refractivity contribution is -0.139. The molecule has 0 saturated carbocycles. The minimum absolute atomic E-state index is 0.0872. The van der Waals surface area contributed by atoms with Crippen molar-refractivity contribution in [3.8, 4) is 0 Å². The number of ether oxygens (including phenoxy) is 1. The quantitative estimate of drug-likeness (QED) is 0.830. The number of nitrogens with one attached hydrogen (secondary N) is 1. The molecule has 0 radical (unpaired) electrons. The molecule has 1 N–H and O–H groups in total. The number of carbonyl (C=O) groups is 1. The Bertz CT molecular complexity index is 553. The van der Waals surface area contributed by atoms with E-state index >= 15 is 0 Å². The van der Waals surface area contributed by atoms with Crippen molar-refractivity contribution in [3.05, 3.63) is 11.1 Å². The lowest BCUT2D eigenvalue weighted by Gasteiger charge is -2.22. The number of carbonyl (C=O) groups excluding carboxylic acids is 1. The van der Waals surface area contributed by atoms with Gasteiger partial charge in [-0.2, -0.15) is 0 Å². The molecule has 1 saturated heterocycles. The second-order valence-corrected chi connectivity index (χ2v) is 7.58. The van der Waals surface area contributed by atoms with Crippen molar-refractivity contribution in [1.29, 1.82) is 0 Å². The normalized spacial score (nSPS) is 21.8. The van der Waals surface area contributed by atoms with Crippen molar-refractivity contribution < 1.29 is 17.9 Å². The number of nitrogens with zero attached hydrogens (tertiary/aromatic N) is 1. The summed E-state index contributed by atoms with van der Waals surface area (Å²) in [5.41, 5.74) is 0.637. The Hall–Kier alpha value is -1.15. The smallest absolute Gasteiger partial charge is 0.311 e. The van der Waals surface area contributed by atoms with Gasteiger partial charge in [0.1, 0.15) is 0 Å². The van der Waals surface area contributed by atoms with Gasteiger partial charge in [-0.25, -0.2) is 13.4 Å². The van der Waals surface area contributed by atoms with E-state index in [0.717, 1.165) is 6.42 Å². The van der Waals surface area contributed by atoms with Crippen LogP contribution in [-0.4, -0.2) is 44.0 Å². The Morgan fingerprint density at radius 3 is 3.11 bits per heavy atom. The second kappa shape index (κ2) is 5.87. The van der Waals surface area contributed by atoms with Gasteiger partial charge < -0.3 is 10.1 Å². The first-order valence-electron chi connectivity index (χ1n) is 5.97. The number of anilines is 1. The molecule has 1 aromatic heterocycles. The first-order chi connectivity index (χ1) is 8.98. The zero-order valence-corrected chi connectivity index (χ0v) is 12.2. The third-order valence-electron chi connectivity index (χ3n) is 2.90. The summed E-state index contributed by atoms with van der Waals surface area (Å²) < 4.78 is 27.6. The van der Waals surface area contributed by atoms with Crippen molar-refractivity contribution in [2.45, 2.75) is 25.3 Å². The van der Waals surface area contributed by atoms with Gasteiger partial charge in [0.15, 0.2) is 15.0 Å². The summed E-state index contributed by atoms with van der Waals surface area (Å²) in [7, 11) is -1.59. The third-order valence-corrected chi connectivity index (χ3v) is 5.54. The molecular weight excluding hydrogens is 288 g/mol. The number of sulfone groups is 1. The largest absolute Gasteiger partial charge is 0.469 e. The molecule has 2 rings (SSSR count). The number of thiazole rings is 1. The summed E-state index contributed by atoms with van der Waals surface area (Å²) in [6, 6.07) is -0.0872. The summed E-state index contributed by atoms with van der Waals surface area (Å²) in [4.78, 5) is 15.4. The standard InChI is InChI=1S/C11H16N2O4S2/c1-17-10(14)5-9-6-18-11(13-9)12-8-3-2-4-19(15,16)7-8/h6,8H,2-5,7H2,1H3,(H,12,13). The van der Waals surface area contributed by atoms with E-state index in [4.69, 9.17) is 0 Å². The van der Waals surface area contributed by atoms with Crippen molar-refractivity contribution in [2.75, 3.05) is 23.9 Å². The molecule has 1 aromatic rings. The van der Waals surface area contributed by atoms with Crippen LogP contribution in [0.5, 0.6) is 0 Å². The Balaban J connectivity index is 1.94. The Morgan fingerprint density at radius 2 is 2.42 bits per heavy atom. The highest BCUT2D eigenvalue weighted by atomic mass is 32.2. The van der Waals surface area contributed by atoms with Crippen LogP contribution in [0.2, 0.25) is 0 Å². The van der Waals surface area contributed by atoms with Crippen molar-refractivity contribution in [2.24, 2.45) is 0 Å². The van der Waals surface area contributed by atoms with Crippen LogP contribution in [0.3, 0.4) is 0 Å². The SMILES string of the molecule is COC(=O)Cc1csc(NC2CCCS(=O)(=O)C2)n1. The number of hydrogen-bond donors (Lipinski definition) is 1. The third kappa shape index (κ3) is 4.17. The van der Waals surface area contributed by atoms with Gasteiger partial charge in [0.25, 0.3) is 0 Å². The van der Waals surface area contributed by atoms with Gasteiger partial charge in [0, 0.05) is 11.4 Å². The fourth-order valence-electron chi connectivity index (χ4n) is 1.99. The maximum atomic E-state index is 11.5. The minimum atomic E-state index is -2.93. The number of aromatic nitrogens is 1. The lowest BCUT2D eigenvalue weighted by Crippen LogP contribution is -2.34. The van der Waals surface area contributed by atoms with Crippen LogP contribution in [0.15, 0.2) is 5.38 Å². The van der Waals surface area contributed by atoms with Crippen LogP contribution >= 0.6 is 11.3 Å². The molecule has 0 spiro atoms. The molecule has 0 aromatic carbocycles. The topological polar surface area (TPSA) is 85.4 Å². The number of rotatable bonds is 4. The van der Waals surface area contributed by atoms with Crippen LogP contribution < -0.4 is 5.32 Å². The van der Waals surface area contributed by atoms with Crippen LogP contribution in [-0.2, 0) is 25.8 Å². The van der Waals surface area contributed by atoms with E-state index in [0.29, 0.717) is 17.2 Å². The Morgan fingerprint density at radius 1 is 1.63 bits per heavy atom. The average Bonchev–Trinajstić information content (AvgIpc) is 2.75. The van der Waals surface area contributed by atoms with Crippen molar-refractivity contribution >= 4 is 32.3 Å². The zero-order valence-electron chi connectivity index (χ0n) is 10.6.